The number of pyridine rings is 1. The maximum atomic E-state index is 13.4. The molecule has 3 unspecified atom stereocenters. The Morgan fingerprint density at radius 1 is 1.14 bits per heavy atom. The predicted octanol–water partition coefficient (Wildman–Crippen LogP) is 5.89. The third kappa shape index (κ3) is 6.42. The smallest absolute Gasteiger partial charge is 0.253 e. The van der Waals surface area contributed by atoms with E-state index in [9.17, 15) is 4.79 Å². The third-order valence-corrected chi connectivity index (χ3v) is 6.96. The van der Waals surface area contributed by atoms with Crippen molar-refractivity contribution in [2.45, 2.75) is 96.7 Å². The summed E-state index contributed by atoms with van der Waals surface area (Å²) in [5.41, 5.74) is 2.51. The number of carbonyl (C=O) groups excluding carboxylic acids is 1. The number of amides is 1. The maximum Gasteiger partial charge on any atom is 0.253 e. The highest BCUT2D eigenvalue weighted by Crippen LogP contribution is 2.44. The van der Waals surface area contributed by atoms with Gasteiger partial charge in [0.2, 0.25) is 0 Å². The lowest BCUT2D eigenvalue weighted by atomic mass is 9.82. The Labute approximate surface area is 210 Å². The molecule has 0 aliphatic carbocycles. The summed E-state index contributed by atoms with van der Waals surface area (Å²) in [6.07, 6.45) is 8.39. The first-order valence-corrected chi connectivity index (χ1v) is 13.0. The fraction of sp³-hybridized carbons (Fsp3) is 0.586. The Kier molecular flexibility index (Phi) is 8.12. The molecule has 3 atom stereocenters. The molecule has 4 rings (SSSR count). The Morgan fingerprint density at radius 2 is 1.97 bits per heavy atom. The van der Waals surface area contributed by atoms with Crippen LogP contribution in [0, 0.1) is 6.92 Å². The predicted molar refractivity (Wildman–Crippen MR) is 137 cm³/mol. The number of carbonyl (C=O) groups is 1. The van der Waals surface area contributed by atoms with Crippen molar-refractivity contribution in [1.82, 2.24) is 9.88 Å². The molecule has 2 aliphatic rings. The van der Waals surface area contributed by atoms with Crippen LogP contribution in [-0.4, -0.2) is 52.8 Å². The second kappa shape index (κ2) is 11.1. The topological polar surface area (TPSA) is 60.9 Å². The number of hydrogen-bond acceptors (Lipinski definition) is 5. The van der Waals surface area contributed by atoms with Crippen LogP contribution < -0.4 is 4.74 Å². The average Bonchev–Trinajstić information content (AvgIpc) is 3.01. The zero-order valence-corrected chi connectivity index (χ0v) is 21.8. The minimum absolute atomic E-state index is 0.0420. The summed E-state index contributed by atoms with van der Waals surface area (Å²) in [6, 6.07) is 9.80. The summed E-state index contributed by atoms with van der Waals surface area (Å²) < 4.78 is 19.0. The van der Waals surface area contributed by atoms with Gasteiger partial charge in [-0.25, -0.2) is 0 Å². The van der Waals surface area contributed by atoms with E-state index in [2.05, 4.69) is 24.9 Å². The van der Waals surface area contributed by atoms with E-state index in [0.29, 0.717) is 12.1 Å². The van der Waals surface area contributed by atoms with E-state index in [4.69, 9.17) is 14.2 Å². The highest BCUT2D eigenvalue weighted by Gasteiger charge is 2.44. The lowest BCUT2D eigenvalue weighted by Gasteiger charge is -2.45. The van der Waals surface area contributed by atoms with Gasteiger partial charge in [-0.05, 0) is 89.3 Å². The molecule has 0 radical (unpaired) electrons. The van der Waals surface area contributed by atoms with Gasteiger partial charge in [0.05, 0.1) is 30.0 Å². The monoisotopic (exact) mass is 480 g/mol. The van der Waals surface area contributed by atoms with Crippen molar-refractivity contribution in [3.05, 3.63) is 59.4 Å². The van der Waals surface area contributed by atoms with Gasteiger partial charge in [-0.2, -0.15) is 0 Å². The number of rotatable bonds is 6. The van der Waals surface area contributed by atoms with Crippen LogP contribution >= 0.6 is 0 Å². The second-order valence-corrected chi connectivity index (χ2v) is 10.6. The third-order valence-electron chi connectivity index (χ3n) is 6.96. The number of likely N-dealkylation sites (tertiary alicyclic amines) is 1. The molecule has 1 aromatic heterocycles. The number of nitrogens with zero attached hydrogens (tertiary/aromatic N) is 2. The Bertz CT molecular complexity index is 993. The molecule has 0 bridgehead atoms. The minimum atomic E-state index is -0.293. The number of benzene rings is 1. The van der Waals surface area contributed by atoms with E-state index in [1.807, 2.05) is 56.1 Å². The van der Waals surface area contributed by atoms with Crippen LogP contribution in [-0.2, 0) is 9.47 Å². The minimum Gasteiger partial charge on any atom is -0.491 e. The lowest BCUT2D eigenvalue weighted by molar-refractivity contribution is -0.187. The number of aryl methyl sites for hydroxylation is 1. The van der Waals surface area contributed by atoms with E-state index < -0.39 is 0 Å². The van der Waals surface area contributed by atoms with Crippen molar-refractivity contribution in [1.29, 1.82) is 0 Å². The van der Waals surface area contributed by atoms with Gasteiger partial charge in [0.1, 0.15) is 5.75 Å². The van der Waals surface area contributed by atoms with Crippen molar-refractivity contribution >= 4 is 5.91 Å². The van der Waals surface area contributed by atoms with Gasteiger partial charge in [0.15, 0.2) is 0 Å². The van der Waals surface area contributed by atoms with Crippen LogP contribution in [0.5, 0.6) is 5.75 Å². The van der Waals surface area contributed by atoms with E-state index in [1.165, 1.54) is 0 Å². The summed E-state index contributed by atoms with van der Waals surface area (Å²) in [5.74, 6) is 0.912. The van der Waals surface area contributed by atoms with Crippen molar-refractivity contribution in [2.75, 3.05) is 13.1 Å². The largest absolute Gasteiger partial charge is 0.491 e. The lowest BCUT2D eigenvalue weighted by Crippen LogP contribution is -2.45. The molecule has 3 heterocycles. The summed E-state index contributed by atoms with van der Waals surface area (Å²) in [6.45, 7) is 11.6. The molecule has 0 saturated carbocycles. The van der Waals surface area contributed by atoms with Crippen LogP contribution in [0.3, 0.4) is 0 Å². The van der Waals surface area contributed by atoms with E-state index in [0.717, 1.165) is 55.5 Å². The molecule has 6 heteroatoms. The van der Waals surface area contributed by atoms with E-state index >= 15 is 0 Å². The molecule has 1 spiro atoms. The first-order chi connectivity index (χ1) is 16.7. The molecule has 2 fully saturated rings. The van der Waals surface area contributed by atoms with Gasteiger partial charge in [-0.1, -0.05) is 6.07 Å². The first kappa shape index (κ1) is 25.6. The van der Waals surface area contributed by atoms with E-state index in [-0.39, 0.29) is 35.9 Å². The molecule has 2 saturated heterocycles. The zero-order valence-electron chi connectivity index (χ0n) is 21.8. The summed E-state index contributed by atoms with van der Waals surface area (Å²) in [4.78, 5) is 19.7. The number of aromatic nitrogens is 1. The molecule has 190 valence electrons. The van der Waals surface area contributed by atoms with Gasteiger partial charge in [0.25, 0.3) is 5.91 Å². The molecule has 1 amide bonds. The second-order valence-electron chi connectivity index (χ2n) is 10.6. The molecule has 35 heavy (non-hydrogen) atoms. The highest BCUT2D eigenvalue weighted by molar-refractivity contribution is 5.94. The highest BCUT2D eigenvalue weighted by atomic mass is 16.5. The molecular formula is C29H40N2O4. The van der Waals surface area contributed by atoms with Gasteiger partial charge in [-0.3, -0.25) is 9.78 Å². The summed E-state index contributed by atoms with van der Waals surface area (Å²) >= 11 is 0. The number of hydrogen-bond donors (Lipinski definition) is 0. The van der Waals surface area contributed by atoms with Crippen molar-refractivity contribution < 1.29 is 19.0 Å². The van der Waals surface area contributed by atoms with Crippen LogP contribution in [0.2, 0.25) is 0 Å². The molecule has 2 aromatic rings. The van der Waals surface area contributed by atoms with Crippen LogP contribution in [0.15, 0.2) is 42.7 Å². The van der Waals surface area contributed by atoms with Crippen LogP contribution in [0.1, 0.15) is 87.4 Å². The Morgan fingerprint density at radius 3 is 2.66 bits per heavy atom. The fourth-order valence-corrected chi connectivity index (χ4v) is 5.44. The molecule has 6 nitrogen and oxygen atoms in total. The van der Waals surface area contributed by atoms with Gasteiger partial charge in [0, 0.05) is 43.9 Å². The fourth-order valence-electron chi connectivity index (χ4n) is 5.44. The average molecular weight is 481 g/mol. The zero-order chi connectivity index (χ0) is 25.0. The molecule has 1 aromatic carbocycles. The van der Waals surface area contributed by atoms with Crippen LogP contribution in [0.4, 0.5) is 0 Å². The SMILES string of the molecule is Cc1cc(C(=O)N2CCCC3(CC2)CC(OC(C)C)CC(c2cccnc2)O3)ccc1OC(C)C. The normalized spacial score (nSPS) is 25.2. The quantitative estimate of drug-likeness (QED) is 0.516. The first-order valence-electron chi connectivity index (χ1n) is 13.0. The van der Waals surface area contributed by atoms with Crippen molar-refractivity contribution in [3.63, 3.8) is 0 Å². The van der Waals surface area contributed by atoms with Crippen molar-refractivity contribution in [2.24, 2.45) is 0 Å². The summed E-state index contributed by atoms with van der Waals surface area (Å²) in [5, 5.41) is 0. The molecule has 2 aliphatic heterocycles. The Hall–Kier alpha value is -2.44. The Balaban J connectivity index is 1.49. The number of ether oxygens (including phenoxy) is 3. The molecule has 0 N–H and O–H groups in total. The van der Waals surface area contributed by atoms with Gasteiger partial charge >= 0.3 is 0 Å². The van der Waals surface area contributed by atoms with Crippen molar-refractivity contribution in [3.8, 4) is 5.75 Å². The van der Waals surface area contributed by atoms with Gasteiger partial charge < -0.3 is 19.1 Å². The standard InChI is InChI=1S/C29H40N2O4/c1-20(2)33-25-17-27(24-8-6-13-30-19-24)35-29(18-25)11-7-14-31(15-12-29)28(32)23-9-10-26(22(5)16-23)34-21(3)4/h6,8-10,13,16,19-21,25,27H,7,11-12,14-15,17-18H2,1-5H3. The van der Waals surface area contributed by atoms with Gasteiger partial charge in [-0.15, -0.1) is 0 Å². The van der Waals surface area contributed by atoms with Crippen LogP contribution in [0.25, 0.3) is 0 Å². The molecular weight excluding hydrogens is 440 g/mol. The summed E-state index contributed by atoms with van der Waals surface area (Å²) in [7, 11) is 0. The maximum absolute atomic E-state index is 13.4. The van der Waals surface area contributed by atoms with E-state index in [1.54, 1.807) is 6.20 Å².